The molecule has 0 bridgehead atoms. The maximum absolute atomic E-state index is 6.37. The maximum Gasteiger partial charge on any atom is 0.216 e. The zero-order valence-electron chi connectivity index (χ0n) is 33.3. The van der Waals surface area contributed by atoms with Gasteiger partial charge in [-0.05, 0) is 83.3 Å². The smallest absolute Gasteiger partial charge is 0.216 e. The summed E-state index contributed by atoms with van der Waals surface area (Å²) in [6.07, 6.45) is 13.8. The molecular weight excluding hydrogens is 843 g/mol. The second-order valence-corrected chi connectivity index (χ2v) is 22.3. The van der Waals surface area contributed by atoms with Crippen LogP contribution in [-0.2, 0) is 31.9 Å². The second kappa shape index (κ2) is 16.9. The molecule has 7 rings (SSSR count). The van der Waals surface area contributed by atoms with Crippen molar-refractivity contribution in [3.8, 4) is 22.5 Å². The van der Waals surface area contributed by atoms with E-state index in [1.807, 2.05) is 30.5 Å². The van der Waals surface area contributed by atoms with E-state index < -0.39 is 8.07 Å². The molecule has 53 heavy (non-hydrogen) atoms. The van der Waals surface area contributed by atoms with Crippen LogP contribution in [-0.4, -0.2) is 23.0 Å². The minimum absolute atomic E-state index is 0. The van der Waals surface area contributed by atoms with E-state index in [2.05, 4.69) is 122 Å². The average Bonchev–Trinajstić information content (AvgIpc) is 3.52. The number of furan rings is 1. The summed E-state index contributed by atoms with van der Waals surface area (Å²) in [7, 11) is -1.37. The van der Waals surface area contributed by atoms with Gasteiger partial charge in [-0.3, -0.25) is 0 Å². The molecule has 0 amide bonds. The molecule has 0 spiro atoms. The van der Waals surface area contributed by atoms with Gasteiger partial charge >= 0.3 is 0 Å². The molecular formula is C47H57IrN3OSi-2. The topological polar surface area (TPSA) is 51.8 Å². The van der Waals surface area contributed by atoms with Crippen LogP contribution < -0.4 is 5.19 Å². The number of rotatable bonds is 8. The largest absolute Gasteiger partial charge is 0.486 e. The summed E-state index contributed by atoms with van der Waals surface area (Å²) in [4.78, 5) is 14.4. The molecule has 0 aliphatic heterocycles. The van der Waals surface area contributed by atoms with Crippen molar-refractivity contribution in [3.63, 3.8) is 0 Å². The number of hydrogen-bond donors (Lipinski definition) is 0. The molecule has 1 saturated carbocycles. The number of hydrogen-bond acceptors (Lipinski definition) is 4. The standard InChI is InChI=1S/C28H31N2O.C19H26NSi.Ir/c1-4-28(3,5-2)20-16-17-29-25(18-20)23-13-9-12-21-22-14-15-24(19-10-7-6-8-11-19)30-27(22)31-26(21)23;1-19(2,3)13-16-12-17(15-10-8-7-9-11-15)20-14-18(16)21(4,5)6;/h9,12,14-19H,4-8,10-11H2,1-3H3;7-10,12,14H,13H2,1-6H3;/q2*-1;. The van der Waals surface area contributed by atoms with E-state index in [4.69, 9.17) is 19.4 Å². The Bertz CT molecular complexity index is 2120. The number of benzene rings is 2. The Labute approximate surface area is 333 Å². The van der Waals surface area contributed by atoms with Crippen molar-refractivity contribution in [3.05, 3.63) is 108 Å². The number of aromatic nitrogens is 3. The van der Waals surface area contributed by atoms with E-state index >= 15 is 0 Å². The van der Waals surface area contributed by atoms with Crippen LogP contribution in [0.1, 0.15) is 109 Å². The van der Waals surface area contributed by atoms with Gasteiger partial charge in [0.15, 0.2) is 0 Å². The molecule has 2 aromatic carbocycles. The van der Waals surface area contributed by atoms with Crippen LogP contribution in [0.5, 0.6) is 0 Å². The average molecular weight is 900 g/mol. The Morgan fingerprint density at radius 2 is 1.57 bits per heavy atom. The van der Waals surface area contributed by atoms with Gasteiger partial charge < -0.3 is 14.4 Å². The summed E-state index contributed by atoms with van der Waals surface area (Å²) < 4.78 is 6.37. The van der Waals surface area contributed by atoms with Gasteiger partial charge in [0.2, 0.25) is 5.71 Å². The van der Waals surface area contributed by atoms with Crippen molar-refractivity contribution in [2.75, 3.05) is 0 Å². The first-order valence-corrected chi connectivity index (χ1v) is 23.0. The van der Waals surface area contributed by atoms with Crippen molar-refractivity contribution in [1.29, 1.82) is 0 Å². The maximum atomic E-state index is 6.37. The Hall–Kier alpha value is -3.44. The Morgan fingerprint density at radius 1 is 0.811 bits per heavy atom. The van der Waals surface area contributed by atoms with E-state index in [1.165, 1.54) is 54.1 Å². The molecule has 1 radical (unpaired) electrons. The van der Waals surface area contributed by atoms with E-state index in [0.29, 0.717) is 5.92 Å². The molecule has 4 heterocycles. The zero-order chi connectivity index (χ0) is 37.1. The van der Waals surface area contributed by atoms with Gasteiger partial charge in [-0.2, -0.15) is 0 Å². The molecule has 0 unspecified atom stereocenters. The molecule has 1 fully saturated rings. The van der Waals surface area contributed by atoms with Crippen LogP contribution in [0, 0.1) is 17.5 Å². The Kier molecular flexibility index (Phi) is 13.0. The van der Waals surface area contributed by atoms with Crippen molar-refractivity contribution in [1.82, 2.24) is 15.0 Å². The molecule has 6 aromatic rings. The van der Waals surface area contributed by atoms with Gasteiger partial charge in [0.1, 0.15) is 0 Å². The van der Waals surface area contributed by atoms with Gasteiger partial charge in [0.05, 0.1) is 13.7 Å². The normalized spacial score (nSPS) is 14.1. The van der Waals surface area contributed by atoms with Gasteiger partial charge in [0.25, 0.3) is 0 Å². The molecule has 1 aliphatic rings. The Morgan fingerprint density at radius 3 is 2.23 bits per heavy atom. The van der Waals surface area contributed by atoms with E-state index in [-0.39, 0.29) is 30.9 Å². The van der Waals surface area contributed by atoms with Crippen LogP contribution in [0.2, 0.25) is 19.6 Å². The summed E-state index contributed by atoms with van der Waals surface area (Å²) in [6, 6.07) is 29.9. The molecule has 0 saturated heterocycles. The molecule has 6 heteroatoms. The zero-order valence-corrected chi connectivity index (χ0v) is 36.7. The fourth-order valence-corrected chi connectivity index (χ4v) is 9.22. The van der Waals surface area contributed by atoms with Gasteiger partial charge in [-0.25, -0.2) is 4.98 Å². The first-order valence-electron chi connectivity index (χ1n) is 19.5. The van der Waals surface area contributed by atoms with E-state index in [1.54, 1.807) is 0 Å². The SMILES string of the molecule is CC(C)(C)Cc1cc(-c2[c-]cccc2)ncc1[Si](C)(C)C.CCC(C)(CC)c1ccnc(-c2[c-]ccc3c2oc2nc(C4CCCCC4)ccc23)c1.[Ir]. The predicted octanol–water partition coefficient (Wildman–Crippen LogP) is 12.6. The Balaban J connectivity index is 0.000000216. The van der Waals surface area contributed by atoms with Crippen LogP contribution in [0.15, 0.2) is 83.5 Å². The molecule has 4 aromatic heterocycles. The fourth-order valence-electron chi connectivity index (χ4n) is 7.64. The van der Waals surface area contributed by atoms with Crippen LogP contribution in [0.4, 0.5) is 0 Å². The first kappa shape index (κ1) is 40.7. The van der Waals surface area contributed by atoms with Crippen molar-refractivity contribution >= 4 is 35.3 Å². The van der Waals surface area contributed by atoms with Gasteiger partial charge in [0, 0.05) is 49.5 Å². The quantitative estimate of drug-likeness (QED) is 0.113. The molecule has 1 aliphatic carbocycles. The van der Waals surface area contributed by atoms with Crippen LogP contribution in [0.25, 0.3) is 44.6 Å². The van der Waals surface area contributed by atoms with Gasteiger partial charge in [-0.1, -0.05) is 109 Å². The number of fused-ring (bicyclic) bond motifs is 3. The van der Waals surface area contributed by atoms with Gasteiger partial charge in [-0.15, -0.1) is 54.1 Å². The third-order valence-corrected chi connectivity index (χ3v) is 13.2. The third kappa shape index (κ3) is 9.45. The van der Waals surface area contributed by atoms with Crippen molar-refractivity contribution < 1.29 is 24.5 Å². The molecule has 281 valence electrons. The minimum Gasteiger partial charge on any atom is -0.486 e. The monoisotopic (exact) mass is 900 g/mol. The van der Waals surface area contributed by atoms with E-state index in [9.17, 15) is 0 Å². The number of nitrogens with zero attached hydrogens (tertiary/aromatic N) is 3. The van der Waals surface area contributed by atoms with E-state index in [0.717, 1.165) is 63.8 Å². The third-order valence-electron chi connectivity index (χ3n) is 11.1. The fraction of sp³-hybridized carbons (Fsp3) is 0.426. The summed E-state index contributed by atoms with van der Waals surface area (Å²) in [5.74, 6) is 0.566. The second-order valence-electron chi connectivity index (χ2n) is 17.3. The summed E-state index contributed by atoms with van der Waals surface area (Å²) >= 11 is 0. The molecule has 0 N–H and O–H groups in total. The summed E-state index contributed by atoms with van der Waals surface area (Å²) in [5, 5.41) is 3.65. The van der Waals surface area contributed by atoms with Crippen molar-refractivity contribution in [2.24, 2.45) is 5.41 Å². The minimum atomic E-state index is -1.37. The van der Waals surface area contributed by atoms with Crippen LogP contribution in [0.3, 0.4) is 0 Å². The first-order chi connectivity index (χ1) is 24.8. The van der Waals surface area contributed by atoms with Crippen LogP contribution >= 0.6 is 0 Å². The molecule has 0 atom stereocenters. The predicted molar refractivity (Wildman–Crippen MR) is 222 cm³/mol. The molecule has 4 nitrogen and oxygen atoms in total. The summed E-state index contributed by atoms with van der Waals surface area (Å²) in [6.45, 7) is 20.9. The summed E-state index contributed by atoms with van der Waals surface area (Å²) in [5.41, 5.74) is 9.93. The van der Waals surface area contributed by atoms with Crippen molar-refractivity contribution in [2.45, 2.75) is 124 Å². The number of pyridine rings is 3.